The fourth-order valence-electron chi connectivity index (χ4n) is 1.82. The van der Waals surface area contributed by atoms with Gasteiger partial charge in [-0.05, 0) is 42.5 Å². The Bertz CT molecular complexity index is 721. The zero-order valence-corrected chi connectivity index (χ0v) is 15.0. The molecule has 2 rings (SSSR count). The molecule has 0 fully saturated rings. The van der Waals surface area contributed by atoms with Gasteiger partial charge in [0.1, 0.15) is 0 Å². The molecule has 0 saturated carbocycles. The summed E-state index contributed by atoms with van der Waals surface area (Å²) in [6.45, 7) is 0.603. The molecule has 2 amide bonds. The summed E-state index contributed by atoms with van der Waals surface area (Å²) < 4.78 is 0.904. The van der Waals surface area contributed by atoms with Crippen LogP contribution in [0.3, 0.4) is 0 Å². The van der Waals surface area contributed by atoms with Crippen LogP contribution in [0.1, 0.15) is 20.7 Å². The van der Waals surface area contributed by atoms with Crippen LogP contribution >= 0.6 is 39.1 Å². The molecule has 0 saturated heterocycles. The van der Waals surface area contributed by atoms with Crippen LogP contribution in [0.5, 0.6) is 0 Å². The molecule has 0 radical (unpaired) electrons. The van der Waals surface area contributed by atoms with Crippen LogP contribution in [0.2, 0.25) is 10.0 Å². The van der Waals surface area contributed by atoms with E-state index < -0.39 is 0 Å². The summed E-state index contributed by atoms with van der Waals surface area (Å²) in [6, 6.07) is 11.7. The zero-order valence-electron chi connectivity index (χ0n) is 11.9. The fourth-order valence-corrected chi connectivity index (χ4v) is 2.58. The molecule has 0 spiro atoms. The number of carbonyl (C=O) groups is 2. The number of nitrogens with one attached hydrogen (secondary N) is 2. The summed E-state index contributed by atoms with van der Waals surface area (Å²) in [5, 5.41) is 6.16. The predicted molar refractivity (Wildman–Crippen MR) is 95.3 cm³/mol. The summed E-state index contributed by atoms with van der Waals surface area (Å²) in [7, 11) is 0. The SMILES string of the molecule is O=C(NCCNC(=O)c1ccc(Cl)cc1Cl)c1ccc(Br)cc1. The standard InChI is InChI=1S/C16H13BrCl2N2O2/c17-11-3-1-10(2-4-11)15(22)20-7-8-21-16(23)13-6-5-12(18)9-14(13)19/h1-6,9H,7-8H2,(H,20,22)(H,21,23). The van der Waals surface area contributed by atoms with E-state index in [1.807, 2.05) is 0 Å². The van der Waals surface area contributed by atoms with Crippen molar-refractivity contribution in [1.29, 1.82) is 0 Å². The van der Waals surface area contributed by atoms with Gasteiger partial charge in [0.15, 0.2) is 0 Å². The molecule has 2 aromatic carbocycles. The molecule has 0 atom stereocenters. The highest BCUT2D eigenvalue weighted by Gasteiger charge is 2.10. The number of benzene rings is 2. The Balaban J connectivity index is 1.79. The largest absolute Gasteiger partial charge is 0.350 e. The topological polar surface area (TPSA) is 58.2 Å². The van der Waals surface area contributed by atoms with Gasteiger partial charge in [-0.1, -0.05) is 39.1 Å². The lowest BCUT2D eigenvalue weighted by Crippen LogP contribution is -2.34. The highest BCUT2D eigenvalue weighted by Crippen LogP contribution is 2.20. The number of halogens is 3. The molecule has 4 nitrogen and oxygen atoms in total. The van der Waals surface area contributed by atoms with Gasteiger partial charge >= 0.3 is 0 Å². The first-order valence-corrected chi connectivity index (χ1v) is 8.29. The summed E-state index contributed by atoms with van der Waals surface area (Å²) in [5.41, 5.74) is 0.899. The van der Waals surface area contributed by atoms with Crippen molar-refractivity contribution in [1.82, 2.24) is 10.6 Å². The second-order valence-electron chi connectivity index (χ2n) is 4.64. The van der Waals surface area contributed by atoms with Crippen molar-refractivity contribution in [2.24, 2.45) is 0 Å². The first-order valence-electron chi connectivity index (χ1n) is 6.74. The van der Waals surface area contributed by atoms with Crippen molar-refractivity contribution in [3.05, 3.63) is 68.1 Å². The molecule has 0 unspecified atom stereocenters. The Morgan fingerprint density at radius 2 is 1.52 bits per heavy atom. The highest BCUT2D eigenvalue weighted by atomic mass is 79.9. The number of rotatable bonds is 5. The predicted octanol–water partition coefficient (Wildman–Crippen LogP) is 3.92. The van der Waals surface area contributed by atoms with E-state index in [1.165, 1.54) is 6.07 Å². The van der Waals surface area contributed by atoms with E-state index in [0.717, 1.165) is 4.47 Å². The average Bonchev–Trinajstić information content (AvgIpc) is 2.51. The Hall–Kier alpha value is -1.56. The summed E-state index contributed by atoms with van der Waals surface area (Å²) in [4.78, 5) is 23.9. The van der Waals surface area contributed by atoms with Gasteiger partial charge in [0, 0.05) is 28.1 Å². The quantitative estimate of drug-likeness (QED) is 0.727. The molecule has 0 aliphatic carbocycles. The van der Waals surface area contributed by atoms with Crippen molar-refractivity contribution in [3.63, 3.8) is 0 Å². The van der Waals surface area contributed by atoms with E-state index in [1.54, 1.807) is 36.4 Å². The van der Waals surface area contributed by atoms with Gasteiger partial charge in [0.25, 0.3) is 11.8 Å². The van der Waals surface area contributed by atoms with Gasteiger partial charge in [0.2, 0.25) is 0 Å². The number of hydrogen-bond donors (Lipinski definition) is 2. The molecule has 0 aliphatic heterocycles. The average molecular weight is 416 g/mol. The number of carbonyl (C=O) groups excluding carboxylic acids is 2. The third kappa shape index (κ3) is 5.23. The van der Waals surface area contributed by atoms with Gasteiger partial charge in [-0.25, -0.2) is 0 Å². The minimum atomic E-state index is -0.315. The van der Waals surface area contributed by atoms with E-state index in [0.29, 0.717) is 29.2 Å². The van der Waals surface area contributed by atoms with Crippen molar-refractivity contribution in [3.8, 4) is 0 Å². The molecule has 0 aliphatic rings. The summed E-state index contributed by atoms with van der Waals surface area (Å²) >= 11 is 15.1. The Labute approximate surface area is 152 Å². The molecule has 0 aromatic heterocycles. The van der Waals surface area contributed by atoms with Crippen molar-refractivity contribution >= 4 is 50.9 Å². The van der Waals surface area contributed by atoms with E-state index in [-0.39, 0.29) is 16.8 Å². The van der Waals surface area contributed by atoms with Crippen LogP contribution in [-0.4, -0.2) is 24.9 Å². The molecule has 2 aromatic rings. The van der Waals surface area contributed by atoms with E-state index >= 15 is 0 Å². The minimum absolute atomic E-state index is 0.198. The third-order valence-electron chi connectivity index (χ3n) is 2.98. The van der Waals surface area contributed by atoms with E-state index in [9.17, 15) is 9.59 Å². The molecular formula is C16H13BrCl2N2O2. The highest BCUT2D eigenvalue weighted by molar-refractivity contribution is 9.10. The molecular weight excluding hydrogens is 403 g/mol. The van der Waals surface area contributed by atoms with E-state index in [4.69, 9.17) is 23.2 Å². The second-order valence-corrected chi connectivity index (χ2v) is 6.40. The van der Waals surface area contributed by atoms with Crippen molar-refractivity contribution in [2.45, 2.75) is 0 Å². The fraction of sp³-hybridized carbons (Fsp3) is 0.125. The Morgan fingerprint density at radius 3 is 2.13 bits per heavy atom. The molecule has 23 heavy (non-hydrogen) atoms. The van der Waals surface area contributed by atoms with Gasteiger partial charge in [-0.15, -0.1) is 0 Å². The molecule has 0 bridgehead atoms. The maximum absolute atomic E-state index is 12.0. The van der Waals surface area contributed by atoms with Gasteiger partial charge < -0.3 is 10.6 Å². The lowest BCUT2D eigenvalue weighted by atomic mass is 10.2. The first kappa shape index (κ1) is 17.8. The van der Waals surface area contributed by atoms with Crippen LogP contribution in [0.4, 0.5) is 0 Å². The normalized spacial score (nSPS) is 10.2. The summed E-state index contributed by atoms with van der Waals surface area (Å²) in [6.07, 6.45) is 0. The zero-order chi connectivity index (χ0) is 16.8. The maximum Gasteiger partial charge on any atom is 0.252 e. The lowest BCUT2D eigenvalue weighted by molar-refractivity contribution is 0.0927. The van der Waals surface area contributed by atoms with Crippen LogP contribution in [-0.2, 0) is 0 Å². The maximum atomic E-state index is 12.0. The smallest absolute Gasteiger partial charge is 0.252 e. The number of amides is 2. The van der Waals surface area contributed by atoms with Crippen LogP contribution in [0.15, 0.2) is 46.9 Å². The molecule has 0 heterocycles. The lowest BCUT2D eigenvalue weighted by Gasteiger charge is -2.08. The molecule has 7 heteroatoms. The van der Waals surface area contributed by atoms with Gasteiger partial charge in [-0.2, -0.15) is 0 Å². The van der Waals surface area contributed by atoms with Crippen LogP contribution < -0.4 is 10.6 Å². The molecule has 2 N–H and O–H groups in total. The number of hydrogen-bond acceptors (Lipinski definition) is 2. The van der Waals surface area contributed by atoms with Gasteiger partial charge in [-0.3, -0.25) is 9.59 Å². The van der Waals surface area contributed by atoms with E-state index in [2.05, 4.69) is 26.6 Å². The molecule has 120 valence electrons. The van der Waals surface area contributed by atoms with Gasteiger partial charge in [0.05, 0.1) is 10.6 Å². The Morgan fingerprint density at radius 1 is 0.913 bits per heavy atom. The Kier molecular flexibility index (Phi) is 6.45. The van der Waals surface area contributed by atoms with Crippen LogP contribution in [0, 0.1) is 0 Å². The summed E-state index contributed by atoms with van der Waals surface area (Å²) in [5.74, 6) is -0.513. The van der Waals surface area contributed by atoms with Crippen molar-refractivity contribution < 1.29 is 9.59 Å². The monoisotopic (exact) mass is 414 g/mol. The first-order chi connectivity index (χ1) is 11.0. The van der Waals surface area contributed by atoms with Crippen LogP contribution in [0.25, 0.3) is 0 Å². The third-order valence-corrected chi connectivity index (χ3v) is 4.05. The van der Waals surface area contributed by atoms with Crippen molar-refractivity contribution in [2.75, 3.05) is 13.1 Å². The second kappa shape index (κ2) is 8.34. The minimum Gasteiger partial charge on any atom is -0.350 e.